The summed E-state index contributed by atoms with van der Waals surface area (Å²) in [6.07, 6.45) is 2.71. The van der Waals surface area contributed by atoms with Gasteiger partial charge >= 0.3 is 6.01 Å². The van der Waals surface area contributed by atoms with Gasteiger partial charge in [-0.2, -0.15) is 15.0 Å². The van der Waals surface area contributed by atoms with Gasteiger partial charge in [0.25, 0.3) is 0 Å². The lowest BCUT2D eigenvalue weighted by atomic mass is 10.5. The van der Waals surface area contributed by atoms with Crippen LogP contribution in [0.1, 0.15) is 23.2 Å². The molecule has 7 nitrogen and oxygen atoms in total. The van der Waals surface area contributed by atoms with Gasteiger partial charge in [0.05, 0.1) is 18.2 Å². The van der Waals surface area contributed by atoms with E-state index in [0.717, 1.165) is 16.3 Å². The van der Waals surface area contributed by atoms with Gasteiger partial charge < -0.3 is 15.8 Å². The summed E-state index contributed by atoms with van der Waals surface area (Å²) in [5.41, 5.74) is 5.61. The van der Waals surface area contributed by atoms with Crippen molar-refractivity contribution in [1.29, 1.82) is 0 Å². The minimum Gasteiger partial charge on any atom is -0.463 e. The van der Waals surface area contributed by atoms with Crippen LogP contribution in [0.5, 0.6) is 6.01 Å². The predicted molar refractivity (Wildman–Crippen MR) is 74.2 cm³/mol. The van der Waals surface area contributed by atoms with Crippen molar-refractivity contribution < 1.29 is 4.74 Å². The number of nitrogens with zero attached hydrogens (tertiary/aromatic N) is 4. The van der Waals surface area contributed by atoms with Crippen molar-refractivity contribution in [2.45, 2.75) is 26.8 Å². The van der Waals surface area contributed by atoms with Crippen molar-refractivity contribution >= 4 is 23.2 Å². The van der Waals surface area contributed by atoms with Crippen LogP contribution in [0.25, 0.3) is 0 Å². The molecule has 0 aliphatic heterocycles. The number of nitrogens with two attached hydrogens (primary N) is 1. The largest absolute Gasteiger partial charge is 0.463 e. The van der Waals surface area contributed by atoms with Gasteiger partial charge in [0.15, 0.2) is 0 Å². The van der Waals surface area contributed by atoms with Gasteiger partial charge in [-0.15, -0.1) is 11.3 Å². The SMILES string of the molecule is CCCOc1nc(N)nc(NCc2cnc(C)s2)n1. The highest BCUT2D eigenvalue weighted by Gasteiger charge is 2.06. The first-order valence-corrected chi connectivity index (χ1v) is 6.78. The lowest BCUT2D eigenvalue weighted by molar-refractivity contribution is 0.292. The average molecular weight is 280 g/mol. The molecule has 0 unspecified atom stereocenters. The van der Waals surface area contributed by atoms with Gasteiger partial charge in [0, 0.05) is 11.1 Å². The Kier molecular flexibility index (Phi) is 4.45. The van der Waals surface area contributed by atoms with E-state index in [1.807, 2.05) is 20.0 Å². The van der Waals surface area contributed by atoms with Crippen LogP contribution in [0, 0.1) is 6.92 Å². The van der Waals surface area contributed by atoms with Crippen LogP contribution in [0.2, 0.25) is 0 Å². The maximum atomic E-state index is 5.61. The summed E-state index contributed by atoms with van der Waals surface area (Å²) >= 11 is 1.62. The molecule has 19 heavy (non-hydrogen) atoms. The van der Waals surface area contributed by atoms with Crippen molar-refractivity contribution in [3.05, 3.63) is 16.1 Å². The quantitative estimate of drug-likeness (QED) is 0.829. The smallest absolute Gasteiger partial charge is 0.323 e. The Balaban J connectivity index is 2.01. The zero-order valence-corrected chi connectivity index (χ0v) is 11.7. The highest BCUT2D eigenvalue weighted by atomic mass is 32.1. The van der Waals surface area contributed by atoms with Crippen LogP contribution < -0.4 is 15.8 Å². The van der Waals surface area contributed by atoms with E-state index in [-0.39, 0.29) is 12.0 Å². The van der Waals surface area contributed by atoms with Crippen molar-refractivity contribution in [3.8, 4) is 6.01 Å². The second-order valence-corrected chi connectivity index (χ2v) is 5.17. The molecule has 0 aromatic carbocycles. The number of nitrogens with one attached hydrogen (secondary N) is 1. The molecule has 0 spiro atoms. The predicted octanol–water partition coefficient (Wildman–Crippen LogP) is 1.62. The van der Waals surface area contributed by atoms with Crippen LogP contribution in [0.3, 0.4) is 0 Å². The summed E-state index contributed by atoms with van der Waals surface area (Å²) in [6.45, 7) is 5.13. The first kappa shape index (κ1) is 13.5. The first-order valence-electron chi connectivity index (χ1n) is 5.97. The standard InChI is InChI=1S/C11H16N6OS/c1-3-4-18-11-16-9(12)15-10(17-11)14-6-8-5-13-7(2)19-8/h5H,3-4,6H2,1-2H3,(H3,12,14,15,16,17). The van der Waals surface area contributed by atoms with E-state index in [0.29, 0.717) is 19.1 Å². The van der Waals surface area contributed by atoms with Gasteiger partial charge in [-0.1, -0.05) is 6.92 Å². The molecule has 0 aliphatic rings. The van der Waals surface area contributed by atoms with E-state index < -0.39 is 0 Å². The molecule has 102 valence electrons. The number of nitrogen functional groups attached to an aromatic ring is 1. The third kappa shape index (κ3) is 4.02. The summed E-state index contributed by atoms with van der Waals surface area (Å²) < 4.78 is 5.34. The van der Waals surface area contributed by atoms with Crippen LogP contribution in [0.4, 0.5) is 11.9 Å². The molecule has 0 bridgehead atoms. The van der Waals surface area contributed by atoms with Crippen molar-refractivity contribution in [1.82, 2.24) is 19.9 Å². The van der Waals surface area contributed by atoms with E-state index in [2.05, 4.69) is 25.3 Å². The van der Waals surface area contributed by atoms with E-state index >= 15 is 0 Å². The van der Waals surface area contributed by atoms with Gasteiger partial charge in [0.1, 0.15) is 0 Å². The highest BCUT2D eigenvalue weighted by molar-refractivity contribution is 7.11. The fourth-order valence-electron chi connectivity index (χ4n) is 1.36. The Labute approximate surface area is 115 Å². The fraction of sp³-hybridized carbons (Fsp3) is 0.455. The van der Waals surface area contributed by atoms with Crippen LogP contribution in [-0.4, -0.2) is 26.5 Å². The van der Waals surface area contributed by atoms with E-state index in [1.165, 1.54) is 0 Å². The molecule has 0 saturated heterocycles. The Bertz CT molecular complexity index is 544. The van der Waals surface area contributed by atoms with Crippen LogP contribution >= 0.6 is 11.3 Å². The number of anilines is 2. The molecule has 2 rings (SSSR count). The molecule has 0 atom stereocenters. The Morgan fingerprint density at radius 2 is 2.21 bits per heavy atom. The highest BCUT2D eigenvalue weighted by Crippen LogP contribution is 2.14. The molecule has 0 amide bonds. The lowest BCUT2D eigenvalue weighted by Crippen LogP contribution is -2.09. The first-order chi connectivity index (χ1) is 9.17. The molecular weight excluding hydrogens is 264 g/mol. The van der Waals surface area contributed by atoms with Crippen LogP contribution in [-0.2, 0) is 6.54 Å². The Morgan fingerprint density at radius 3 is 2.89 bits per heavy atom. The zero-order chi connectivity index (χ0) is 13.7. The van der Waals surface area contributed by atoms with Crippen molar-refractivity contribution in [3.63, 3.8) is 0 Å². The molecule has 0 saturated carbocycles. The maximum absolute atomic E-state index is 5.61. The topological polar surface area (TPSA) is 98.8 Å². The third-order valence-electron chi connectivity index (χ3n) is 2.16. The molecule has 0 radical (unpaired) electrons. The molecule has 3 N–H and O–H groups in total. The number of aromatic nitrogens is 4. The second-order valence-electron chi connectivity index (χ2n) is 3.85. The van der Waals surface area contributed by atoms with Crippen molar-refractivity contribution in [2.75, 3.05) is 17.7 Å². The number of rotatable bonds is 6. The molecule has 2 heterocycles. The number of thiazole rings is 1. The van der Waals surface area contributed by atoms with Crippen molar-refractivity contribution in [2.24, 2.45) is 0 Å². The second kappa shape index (κ2) is 6.28. The Morgan fingerprint density at radius 1 is 1.37 bits per heavy atom. The van der Waals surface area contributed by atoms with E-state index in [9.17, 15) is 0 Å². The van der Waals surface area contributed by atoms with Gasteiger partial charge in [0.2, 0.25) is 11.9 Å². The zero-order valence-electron chi connectivity index (χ0n) is 10.9. The summed E-state index contributed by atoms with van der Waals surface area (Å²) in [4.78, 5) is 17.4. The molecule has 0 fully saturated rings. The summed E-state index contributed by atoms with van der Waals surface area (Å²) in [6, 6.07) is 0.248. The average Bonchev–Trinajstić information content (AvgIpc) is 2.79. The molecule has 2 aromatic heterocycles. The minimum atomic E-state index is 0.143. The minimum absolute atomic E-state index is 0.143. The molecule has 0 aliphatic carbocycles. The number of hydrogen-bond acceptors (Lipinski definition) is 8. The Hall–Kier alpha value is -1.96. The molecular formula is C11H16N6OS. The van der Waals surface area contributed by atoms with Crippen LogP contribution in [0.15, 0.2) is 6.20 Å². The summed E-state index contributed by atoms with van der Waals surface area (Å²) in [5, 5.41) is 4.11. The number of ether oxygens (including phenoxy) is 1. The fourth-order valence-corrected chi connectivity index (χ4v) is 2.10. The normalized spacial score (nSPS) is 10.4. The summed E-state index contributed by atoms with van der Waals surface area (Å²) in [7, 11) is 0. The lowest BCUT2D eigenvalue weighted by Gasteiger charge is -2.06. The summed E-state index contributed by atoms with van der Waals surface area (Å²) in [5.74, 6) is 0.550. The monoisotopic (exact) mass is 280 g/mol. The maximum Gasteiger partial charge on any atom is 0.323 e. The van der Waals surface area contributed by atoms with Gasteiger partial charge in [-0.25, -0.2) is 4.98 Å². The van der Waals surface area contributed by atoms with Gasteiger partial charge in [-0.3, -0.25) is 0 Å². The third-order valence-corrected chi connectivity index (χ3v) is 3.07. The number of aryl methyl sites for hydroxylation is 1. The number of hydrogen-bond donors (Lipinski definition) is 2. The van der Waals surface area contributed by atoms with E-state index in [4.69, 9.17) is 10.5 Å². The van der Waals surface area contributed by atoms with Gasteiger partial charge in [-0.05, 0) is 13.3 Å². The van der Waals surface area contributed by atoms with E-state index in [1.54, 1.807) is 11.3 Å². The molecule has 8 heteroatoms. The molecule has 2 aromatic rings.